The number of amides is 1. The summed E-state index contributed by atoms with van der Waals surface area (Å²) in [6.07, 6.45) is 9.61. The molecule has 126 valence electrons. The maximum absolute atomic E-state index is 11.0. The Hall–Kier alpha value is -1.06. The first-order valence-electron chi connectivity index (χ1n) is 8.63. The number of esters is 1. The molecule has 0 atom stereocenters. The number of carbonyl (C=O) groups excluding carboxylic acids is 2. The van der Waals surface area contributed by atoms with Crippen molar-refractivity contribution in [2.45, 2.75) is 85.5 Å². The Morgan fingerprint density at radius 3 is 2.00 bits per heavy atom. The minimum atomic E-state index is -0.0407. The number of hydrogen-bond acceptors (Lipinski definition) is 3. The van der Waals surface area contributed by atoms with Crippen LogP contribution < -0.4 is 5.32 Å². The van der Waals surface area contributed by atoms with Crippen LogP contribution in [0.2, 0.25) is 0 Å². The molecule has 1 heterocycles. The average molecular weight is 301 g/mol. The van der Waals surface area contributed by atoms with Crippen LogP contribution in [0.5, 0.6) is 0 Å². The molecular formula is C17H35NO3. The van der Waals surface area contributed by atoms with Gasteiger partial charge < -0.3 is 10.1 Å². The van der Waals surface area contributed by atoms with E-state index in [1.165, 1.54) is 32.1 Å². The van der Waals surface area contributed by atoms with E-state index >= 15 is 0 Å². The molecule has 21 heavy (non-hydrogen) atoms. The van der Waals surface area contributed by atoms with Crippen LogP contribution in [-0.2, 0) is 14.3 Å². The van der Waals surface area contributed by atoms with E-state index in [1.54, 1.807) is 0 Å². The van der Waals surface area contributed by atoms with E-state index in [1.807, 2.05) is 20.8 Å². The highest BCUT2D eigenvalue weighted by atomic mass is 16.5. The summed E-state index contributed by atoms with van der Waals surface area (Å²) in [4.78, 5) is 20.7. The largest absolute Gasteiger partial charge is 0.466 e. The Kier molecular flexibility index (Phi) is 20.0. The molecule has 0 bridgehead atoms. The smallest absolute Gasteiger partial charge is 0.305 e. The molecule has 0 aromatic heterocycles. The quantitative estimate of drug-likeness (QED) is 0.394. The molecule has 0 radical (unpaired) electrons. The Morgan fingerprint density at radius 1 is 1.05 bits per heavy atom. The molecule has 1 rings (SSSR count). The second-order valence-electron chi connectivity index (χ2n) is 4.84. The third kappa shape index (κ3) is 18.9. The molecule has 1 saturated heterocycles. The minimum absolute atomic E-state index is 0.0407. The van der Waals surface area contributed by atoms with E-state index in [4.69, 9.17) is 4.74 Å². The molecule has 1 aliphatic heterocycles. The van der Waals surface area contributed by atoms with Crippen molar-refractivity contribution in [3.63, 3.8) is 0 Å². The average Bonchev–Trinajstić information content (AvgIpc) is 2.47. The molecule has 1 amide bonds. The summed E-state index contributed by atoms with van der Waals surface area (Å²) in [5.74, 6) is 0.144. The third-order valence-electron chi connectivity index (χ3n) is 2.89. The molecule has 0 spiro atoms. The number of nitrogens with one attached hydrogen (secondary N) is 1. The van der Waals surface area contributed by atoms with Crippen molar-refractivity contribution in [2.75, 3.05) is 13.2 Å². The molecule has 1 N–H and O–H groups in total. The molecular weight excluding hydrogens is 266 g/mol. The fourth-order valence-corrected chi connectivity index (χ4v) is 1.57. The van der Waals surface area contributed by atoms with E-state index in [2.05, 4.69) is 12.2 Å². The molecule has 0 unspecified atom stereocenters. The van der Waals surface area contributed by atoms with Crippen molar-refractivity contribution in [3.05, 3.63) is 0 Å². The first kappa shape index (κ1) is 22.2. The van der Waals surface area contributed by atoms with Crippen molar-refractivity contribution in [3.8, 4) is 0 Å². The highest BCUT2D eigenvalue weighted by molar-refractivity contribution is 5.81. The summed E-state index contributed by atoms with van der Waals surface area (Å²) in [5.41, 5.74) is 0. The highest BCUT2D eigenvalue weighted by Gasteiger charge is 2.07. The first-order chi connectivity index (χ1) is 10.2. The van der Waals surface area contributed by atoms with Crippen LogP contribution >= 0.6 is 0 Å². The fourth-order valence-electron chi connectivity index (χ4n) is 1.57. The minimum Gasteiger partial charge on any atom is -0.466 e. The fraction of sp³-hybridized carbons (Fsp3) is 0.882. The summed E-state index contributed by atoms with van der Waals surface area (Å²) in [5, 5.41) is 2.57. The van der Waals surface area contributed by atoms with E-state index in [-0.39, 0.29) is 11.9 Å². The number of ether oxygens (including phenoxy) is 1. The summed E-state index contributed by atoms with van der Waals surface area (Å²) in [6, 6.07) is 0. The van der Waals surface area contributed by atoms with Crippen molar-refractivity contribution in [2.24, 2.45) is 0 Å². The number of unbranched alkanes of at least 4 members (excludes halogenated alkanes) is 5. The van der Waals surface area contributed by atoms with Crippen LogP contribution in [0.1, 0.15) is 85.5 Å². The SMILES string of the molecule is CC.CCCCCCCCOC(=O)CCC.O=C1CCN1. The lowest BCUT2D eigenvalue weighted by Crippen LogP contribution is -2.37. The van der Waals surface area contributed by atoms with Gasteiger partial charge in [0.1, 0.15) is 0 Å². The first-order valence-corrected chi connectivity index (χ1v) is 8.63. The van der Waals surface area contributed by atoms with Gasteiger partial charge in [0.15, 0.2) is 0 Å². The van der Waals surface area contributed by atoms with Crippen LogP contribution in [0, 0.1) is 0 Å². The van der Waals surface area contributed by atoms with Gasteiger partial charge in [-0.15, -0.1) is 0 Å². The Morgan fingerprint density at radius 2 is 1.57 bits per heavy atom. The van der Waals surface area contributed by atoms with Crippen molar-refractivity contribution < 1.29 is 14.3 Å². The van der Waals surface area contributed by atoms with Gasteiger partial charge in [-0.25, -0.2) is 0 Å². The van der Waals surface area contributed by atoms with E-state index < -0.39 is 0 Å². The number of rotatable bonds is 9. The van der Waals surface area contributed by atoms with Crippen molar-refractivity contribution in [1.82, 2.24) is 5.32 Å². The van der Waals surface area contributed by atoms with Gasteiger partial charge in [0.25, 0.3) is 0 Å². The third-order valence-corrected chi connectivity index (χ3v) is 2.89. The molecule has 1 aliphatic rings. The second kappa shape index (κ2) is 18.9. The molecule has 0 saturated carbocycles. The van der Waals surface area contributed by atoms with Crippen molar-refractivity contribution in [1.29, 1.82) is 0 Å². The molecule has 4 nitrogen and oxygen atoms in total. The number of β-lactam (4-membered cyclic amide) rings is 1. The van der Waals surface area contributed by atoms with Gasteiger partial charge in [0.05, 0.1) is 6.61 Å². The van der Waals surface area contributed by atoms with Crippen molar-refractivity contribution >= 4 is 11.9 Å². The lowest BCUT2D eigenvalue weighted by molar-refractivity contribution is -0.143. The predicted molar refractivity (Wildman–Crippen MR) is 88.2 cm³/mol. The molecule has 1 fully saturated rings. The maximum Gasteiger partial charge on any atom is 0.305 e. The summed E-state index contributed by atoms with van der Waals surface area (Å²) in [6.45, 7) is 9.71. The predicted octanol–water partition coefficient (Wildman–Crippen LogP) is 4.22. The molecule has 0 aromatic rings. The van der Waals surface area contributed by atoms with Crippen LogP contribution in [0.25, 0.3) is 0 Å². The normalized spacial score (nSPS) is 11.9. The van der Waals surface area contributed by atoms with Gasteiger partial charge in [-0.1, -0.05) is 59.8 Å². The van der Waals surface area contributed by atoms with Gasteiger partial charge in [0, 0.05) is 19.4 Å². The number of carbonyl (C=O) groups is 2. The highest BCUT2D eigenvalue weighted by Crippen LogP contribution is 2.05. The zero-order chi connectivity index (χ0) is 16.3. The Balaban J connectivity index is 0. The van der Waals surface area contributed by atoms with Gasteiger partial charge in [-0.3, -0.25) is 9.59 Å². The van der Waals surface area contributed by atoms with Gasteiger partial charge in [0.2, 0.25) is 5.91 Å². The lowest BCUT2D eigenvalue weighted by atomic mass is 10.1. The van der Waals surface area contributed by atoms with Crippen LogP contribution in [0.4, 0.5) is 0 Å². The summed E-state index contributed by atoms with van der Waals surface area (Å²) >= 11 is 0. The summed E-state index contributed by atoms with van der Waals surface area (Å²) < 4.78 is 5.05. The zero-order valence-electron chi connectivity index (χ0n) is 14.5. The van der Waals surface area contributed by atoms with Crippen LogP contribution in [-0.4, -0.2) is 25.0 Å². The van der Waals surface area contributed by atoms with Gasteiger partial charge in [-0.05, 0) is 12.8 Å². The van der Waals surface area contributed by atoms with E-state index in [0.29, 0.717) is 13.0 Å². The monoisotopic (exact) mass is 301 g/mol. The molecule has 4 heteroatoms. The second-order valence-corrected chi connectivity index (χ2v) is 4.84. The Bertz CT molecular complexity index is 236. The zero-order valence-corrected chi connectivity index (χ0v) is 14.5. The van der Waals surface area contributed by atoms with E-state index in [9.17, 15) is 9.59 Å². The number of hydrogen-bond donors (Lipinski definition) is 1. The van der Waals surface area contributed by atoms with Crippen LogP contribution in [0.3, 0.4) is 0 Å². The lowest BCUT2D eigenvalue weighted by Gasteiger charge is -2.10. The van der Waals surface area contributed by atoms with E-state index in [0.717, 1.165) is 25.8 Å². The van der Waals surface area contributed by atoms with Crippen LogP contribution in [0.15, 0.2) is 0 Å². The standard InChI is InChI=1S/C12H24O2.C3H5NO.C2H6/c1-3-5-6-7-8-9-11-14-12(13)10-4-2;5-3-1-2-4-3;1-2/h3-11H2,1-2H3;1-2H2,(H,4,5);1-2H3. The van der Waals surface area contributed by atoms with Gasteiger partial charge >= 0.3 is 5.97 Å². The maximum atomic E-state index is 11.0. The summed E-state index contributed by atoms with van der Waals surface area (Å²) in [7, 11) is 0. The molecule has 0 aromatic carbocycles. The topological polar surface area (TPSA) is 55.4 Å². The molecule has 0 aliphatic carbocycles. The Labute approximate surface area is 131 Å². The van der Waals surface area contributed by atoms with Gasteiger partial charge in [-0.2, -0.15) is 0 Å².